The molecule has 8 atom stereocenters. The van der Waals surface area contributed by atoms with Crippen LogP contribution in [0.25, 0.3) is 0 Å². The molecule has 184 valence electrons. The van der Waals surface area contributed by atoms with Gasteiger partial charge in [-0.25, -0.2) is 0 Å². The molecular weight excluding hydrogens is 412 g/mol. The third-order valence-electron chi connectivity index (χ3n) is 11.8. The number of aliphatic hydroxyl groups is 3. The van der Waals surface area contributed by atoms with Gasteiger partial charge in [0, 0.05) is 35.7 Å². The van der Waals surface area contributed by atoms with E-state index in [1.54, 1.807) is 0 Å². The van der Waals surface area contributed by atoms with Crippen LogP contribution in [0.4, 0.5) is 0 Å². The predicted octanol–water partition coefficient (Wildman–Crippen LogP) is 4.82. The van der Waals surface area contributed by atoms with Crippen molar-refractivity contribution < 1.29 is 20.1 Å². The van der Waals surface area contributed by atoms with Gasteiger partial charge in [0.05, 0.1) is 12.2 Å². The molecular formula is C29H44O4. The van der Waals surface area contributed by atoms with Crippen LogP contribution >= 0.6 is 0 Å². The smallest absolute Gasteiger partial charge is 0.137 e. The third kappa shape index (κ3) is 2.78. The fourth-order valence-corrected chi connectivity index (χ4v) is 9.70. The molecule has 0 bridgehead atoms. The Morgan fingerprint density at radius 3 is 2.39 bits per heavy atom. The van der Waals surface area contributed by atoms with Crippen LogP contribution in [0.3, 0.4) is 0 Å². The Hall–Kier alpha value is -0.970. The van der Waals surface area contributed by atoms with Gasteiger partial charge in [-0.1, -0.05) is 53.2 Å². The van der Waals surface area contributed by atoms with Crippen LogP contribution in [0.15, 0.2) is 22.8 Å². The van der Waals surface area contributed by atoms with E-state index in [1.807, 2.05) is 0 Å². The molecule has 0 amide bonds. The van der Waals surface area contributed by atoms with Gasteiger partial charge >= 0.3 is 0 Å². The minimum atomic E-state index is -0.497. The average molecular weight is 457 g/mol. The Labute approximate surface area is 199 Å². The van der Waals surface area contributed by atoms with Gasteiger partial charge in [-0.15, -0.1) is 0 Å². The number of carbonyl (C=O) groups excluding carboxylic acids is 1. The van der Waals surface area contributed by atoms with Crippen molar-refractivity contribution in [2.45, 2.75) is 98.7 Å². The molecule has 5 aliphatic rings. The van der Waals surface area contributed by atoms with Gasteiger partial charge in [0.15, 0.2) is 0 Å². The second-order valence-corrected chi connectivity index (χ2v) is 13.5. The summed E-state index contributed by atoms with van der Waals surface area (Å²) in [5.41, 5.74) is 2.80. The molecule has 0 aliphatic heterocycles. The van der Waals surface area contributed by atoms with Crippen LogP contribution < -0.4 is 0 Å². The van der Waals surface area contributed by atoms with Crippen molar-refractivity contribution in [2.24, 2.45) is 45.3 Å². The Kier molecular flexibility index (Phi) is 5.24. The zero-order valence-corrected chi connectivity index (χ0v) is 21.4. The van der Waals surface area contributed by atoms with Gasteiger partial charge in [0.1, 0.15) is 5.78 Å². The van der Waals surface area contributed by atoms with E-state index >= 15 is 0 Å². The molecule has 2 fully saturated rings. The molecule has 3 N–H and O–H groups in total. The van der Waals surface area contributed by atoms with Crippen molar-refractivity contribution in [2.75, 3.05) is 6.61 Å². The molecule has 33 heavy (non-hydrogen) atoms. The topological polar surface area (TPSA) is 77.8 Å². The first kappa shape index (κ1) is 23.8. The maximum absolute atomic E-state index is 13.6. The summed E-state index contributed by atoms with van der Waals surface area (Å²) in [6.07, 6.45) is 6.95. The van der Waals surface area contributed by atoms with Crippen LogP contribution in [0.2, 0.25) is 0 Å². The third-order valence-corrected chi connectivity index (χ3v) is 11.8. The van der Waals surface area contributed by atoms with Crippen LogP contribution in [0.5, 0.6) is 0 Å². The molecule has 0 saturated heterocycles. The zero-order valence-electron chi connectivity index (χ0n) is 21.4. The lowest BCUT2D eigenvalue weighted by Gasteiger charge is -2.66. The fraction of sp³-hybridized carbons (Fsp3) is 0.828. The number of hydrogen-bond acceptors (Lipinski definition) is 4. The van der Waals surface area contributed by atoms with Gasteiger partial charge in [-0.3, -0.25) is 4.79 Å². The molecule has 2 saturated carbocycles. The highest BCUT2D eigenvalue weighted by molar-refractivity contribution is 5.86. The average Bonchev–Trinajstić information content (AvgIpc) is 3.06. The van der Waals surface area contributed by atoms with E-state index in [4.69, 9.17) is 0 Å². The lowest BCUT2D eigenvalue weighted by Crippen LogP contribution is -2.63. The molecule has 0 aromatic heterocycles. The van der Waals surface area contributed by atoms with E-state index < -0.39 is 6.10 Å². The number of ketones is 1. The maximum atomic E-state index is 13.6. The van der Waals surface area contributed by atoms with E-state index in [-0.39, 0.29) is 52.1 Å². The standard InChI is InChI=1S/C29H44O4/c1-16(2)19-13-22(32)25-28(6)10-9-18-17-7-8-23(33)26(3,4)20(17)14-21(31)24(18)27(28,5)11-12-29(19,25)15-30/h9,16,19,21,23-25,30-31,33H,7-8,10-15H2,1-6H3. The summed E-state index contributed by atoms with van der Waals surface area (Å²) < 4.78 is 0. The van der Waals surface area contributed by atoms with E-state index in [2.05, 4.69) is 47.6 Å². The first-order valence-electron chi connectivity index (χ1n) is 13.3. The molecule has 0 aromatic rings. The van der Waals surface area contributed by atoms with Crippen LogP contribution in [0, 0.1) is 45.3 Å². The SMILES string of the molecule is CC(C)C1CC(=O)C2C1(CO)CCC1(C)C3C(=CCC21C)C1=C(CC3O)C(C)(C)C(O)CC1. The monoisotopic (exact) mass is 456 g/mol. The molecule has 0 heterocycles. The maximum Gasteiger partial charge on any atom is 0.137 e. The summed E-state index contributed by atoms with van der Waals surface area (Å²) in [6.45, 7) is 13.3. The van der Waals surface area contributed by atoms with Crippen molar-refractivity contribution in [3.8, 4) is 0 Å². The van der Waals surface area contributed by atoms with Gasteiger partial charge in [-0.05, 0) is 72.3 Å². The van der Waals surface area contributed by atoms with Crippen molar-refractivity contribution in [1.29, 1.82) is 0 Å². The Bertz CT molecular complexity index is 928. The number of Topliss-reactive ketones (excluding diaryl/α,β-unsaturated/α-hetero) is 1. The van der Waals surface area contributed by atoms with E-state index in [0.29, 0.717) is 24.5 Å². The lowest BCUT2D eigenvalue weighted by molar-refractivity contribution is -0.179. The second kappa shape index (κ2) is 7.27. The Morgan fingerprint density at radius 2 is 1.76 bits per heavy atom. The normalized spacial score (nSPS) is 48.7. The Morgan fingerprint density at radius 1 is 1.06 bits per heavy atom. The molecule has 0 spiro atoms. The molecule has 5 rings (SSSR count). The summed E-state index contributed by atoms with van der Waals surface area (Å²) in [7, 11) is 0. The van der Waals surface area contributed by atoms with Crippen molar-refractivity contribution in [3.05, 3.63) is 22.8 Å². The molecule has 4 heteroatoms. The largest absolute Gasteiger partial charge is 0.396 e. The van der Waals surface area contributed by atoms with Crippen molar-refractivity contribution in [1.82, 2.24) is 0 Å². The summed E-state index contributed by atoms with van der Waals surface area (Å²) in [4.78, 5) is 13.6. The van der Waals surface area contributed by atoms with Gasteiger partial charge in [0.25, 0.3) is 0 Å². The molecule has 0 radical (unpaired) electrons. The summed E-state index contributed by atoms with van der Waals surface area (Å²) >= 11 is 0. The predicted molar refractivity (Wildman–Crippen MR) is 129 cm³/mol. The van der Waals surface area contributed by atoms with Crippen LogP contribution in [-0.4, -0.2) is 39.9 Å². The summed E-state index contributed by atoms with van der Waals surface area (Å²) in [5, 5.41) is 33.1. The number of rotatable bonds is 2. The minimum absolute atomic E-state index is 0.0173. The molecule has 8 unspecified atom stereocenters. The molecule has 4 nitrogen and oxygen atoms in total. The van der Waals surface area contributed by atoms with E-state index in [9.17, 15) is 20.1 Å². The van der Waals surface area contributed by atoms with Crippen LogP contribution in [0.1, 0.15) is 86.5 Å². The summed E-state index contributed by atoms with van der Waals surface area (Å²) in [6, 6.07) is 0. The number of carbonyl (C=O) groups is 1. The first-order valence-corrected chi connectivity index (χ1v) is 13.3. The van der Waals surface area contributed by atoms with Gasteiger partial charge in [-0.2, -0.15) is 0 Å². The molecule has 5 aliphatic carbocycles. The fourth-order valence-electron chi connectivity index (χ4n) is 9.70. The minimum Gasteiger partial charge on any atom is -0.396 e. The van der Waals surface area contributed by atoms with Gasteiger partial charge in [0.2, 0.25) is 0 Å². The Balaban J connectivity index is 1.64. The highest BCUT2D eigenvalue weighted by atomic mass is 16.3. The van der Waals surface area contributed by atoms with E-state index in [0.717, 1.165) is 32.1 Å². The van der Waals surface area contributed by atoms with Crippen LogP contribution in [-0.2, 0) is 4.79 Å². The van der Waals surface area contributed by atoms with Crippen molar-refractivity contribution >= 4 is 5.78 Å². The number of allylic oxidation sites excluding steroid dienone is 2. The van der Waals surface area contributed by atoms with Gasteiger partial charge < -0.3 is 15.3 Å². The number of fused-ring (bicyclic) bond motifs is 6. The van der Waals surface area contributed by atoms with Crippen molar-refractivity contribution in [3.63, 3.8) is 0 Å². The highest BCUT2D eigenvalue weighted by Gasteiger charge is 2.71. The number of aliphatic hydroxyl groups excluding tert-OH is 3. The lowest BCUT2D eigenvalue weighted by atomic mass is 9.38. The zero-order chi connectivity index (χ0) is 24.1. The highest BCUT2D eigenvalue weighted by Crippen LogP contribution is 2.73. The second-order valence-electron chi connectivity index (χ2n) is 13.5. The quantitative estimate of drug-likeness (QED) is 0.557. The van der Waals surface area contributed by atoms with E-state index in [1.165, 1.54) is 16.7 Å². The molecule has 0 aromatic carbocycles. The number of hydrogen-bond donors (Lipinski definition) is 3. The summed E-state index contributed by atoms with van der Waals surface area (Å²) in [5.74, 6) is 0.811. The first-order chi connectivity index (χ1) is 15.3.